The topological polar surface area (TPSA) is 3.24 Å². The van der Waals surface area contributed by atoms with E-state index in [1.54, 1.807) is 6.07 Å². The Bertz CT molecular complexity index is 4320. The Hall–Kier alpha value is -6.22. The molecule has 10 rings (SSSR count). The summed E-state index contributed by atoms with van der Waals surface area (Å²) in [6.45, 7) is 0. The van der Waals surface area contributed by atoms with Gasteiger partial charge in [0.25, 0.3) is 0 Å². The molecule has 1 heterocycles. The highest BCUT2D eigenvalue weighted by Crippen LogP contribution is 2.47. The number of anilines is 3. The zero-order chi connectivity index (χ0) is 55.6. The molecule has 234 valence electrons. The Morgan fingerprint density at radius 1 is 0.420 bits per heavy atom. The van der Waals surface area contributed by atoms with E-state index in [9.17, 15) is 12.3 Å². The van der Waals surface area contributed by atoms with Crippen LogP contribution in [0.1, 0.15) is 35.6 Å². The second kappa shape index (κ2) is 11.7. The molecule has 0 aliphatic heterocycles. The number of fused-ring (bicyclic) bond motifs is 7. The van der Waals surface area contributed by atoms with Crippen molar-refractivity contribution < 1.29 is 35.6 Å². The van der Waals surface area contributed by atoms with Gasteiger partial charge in [0.15, 0.2) is 0 Å². The molecule has 1 nitrogen and oxygen atoms in total. The van der Waals surface area contributed by atoms with Crippen LogP contribution in [0.5, 0.6) is 0 Å². The molecule has 0 bridgehead atoms. The van der Waals surface area contributed by atoms with E-state index in [0.29, 0.717) is 11.3 Å². The van der Waals surface area contributed by atoms with Crippen LogP contribution in [-0.2, 0) is 0 Å². The van der Waals surface area contributed by atoms with Crippen molar-refractivity contribution in [1.82, 2.24) is 0 Å². The monoisotopic (exact) mass is 679 g/mol. The van der Waals surface area contributed by atoms with Crippen LogP contribution in [0, 0.1) is 0 Å². The molecule has 50 heavy (non-hydrogen) atoms. The van der Waals surface area contributed by atoms with Crippen LogP contribution < -0.4 is 4.90 Å². The van der Waals surface area contributed by atoms with E-state index in [1.165, 1.54) is 24.3 Å². The highest BCUT2D eigenvalue weighted by molar-refractivity contribution is 7.26. The smallest absolute Gasteiger partial charge is 0.0652 e. The second-order valence-electron chi connectivity index (χ2n) is 10.9. The quantitative estimate of drug-likeness (QED) is 0.175. The van der Waals surface area contributed by atoms with Crippen molar-refractivity contribution in [2.24, 2.45) is 0 Å². The number of para-hydroxylation sites is 1. The Morgan fingerprint density at radius 2 is 1.02 bits per heavy atom. The Labute approximate surface area is 331 Å². The van der Waals surface area contributed by atoms with Crippen molar-refractivity contribution in [3.8, 4) is 22.3 Å². The largest absolute Gasteiger partial charge is 0.310 e. The summed E-state index contributed by atoms with van der Waals surface area (Å²) in [7, 11) is 0. The lowest BCUT2D eigenvalue weighted by Gasteiger charge is -2.26. The number of rotatable bonds is 5. The molecule has 9 aromatic carbocycles. The van der Waals surface area contributed by atoms with Gasteiger partial charge >= 0.3 is 0 Å². The molecular weight excluding hydrogens is 623 g/mol. The van der Waals surface area contributed by atoms with Gasteiger partial charge in [-0.1, -0.05) is 139 Å². The number of benzene rings is 9. The van der Waals surface area contributed by atoms with Crippen molar-refractivity contribution in [2.45, 2.75) is 0 Å². The number of hydrogen-bond donors (Lipinski definition) is 0. The first-order chi connectivity index (χ1) is 35.6. The Kier molecular flexibility index (Phi) is 3.03. The number of thiophene rings is 1. The molecule has 2 heteroatoms. The van der Waals surface area contributed by atoms with Crippen LogP contribution in [-0.4, -0.2) is 0 Å². The molecular formula is C48H31NS. The summed E-state index contributed by atoms with van der Waals surface area (Å²) < 4.78 is 235. The summed E-state index contributed by atoms with van der Waals surface area (Å²) in [4.78, 5) is 0.970. The van der Waals surface area contributed by atoms with E-state index in [-0.39, 0.29) is 31.2 Å². The standard InChI is InChI=1S/C48H31NS/c1-2-17-36(18-3-1)49(37-26-24-34(25-27-37)40-22-10-15-32-12-4-7-19-39(32)40)38-28-29-46-45(31-38)47-44(30-35-14-6-9-21-42(35)48(47)50-46)43-23-11-16-33-13-5-8-20-41(33)43/h1-31H/i4D,5D,6D,7D,8D,9D,10D,11D,12D,13D,14D,15D,16D,19D,20D,21D,22D,23D,24D,25D,26D,27D,28D,29D,30D,31D. The maximum absolute atomic E-state index is 10.2. The minimum absolute atomic E-state index is 0.0367. The van der Waals surface area contributed by atoms with Crippen LogP contribution in [0.25, 0.3) is 74.7 Å². The van der Waals surface area contributed by atoms with Crippen LogP contribution in [0.15, 0.2) is 187 Å². The van der Waals surface area contributed by atoms with Crippen molar-refractivity contribution in [3.63, 3.8) is 0 Å². The third kappa shape index (κ3) is 4.69. The third-order valence-corrected chi connectivity index (χ3v) is 9.18. The highest BCUT2D eigenvalue weighted by Gasteiger charge is 2.19. The minimum Gasteiger partial charge on any atom is -0.310 e. The maximum Gasteiger partial charge on any atom is 0.0652 e. The molecule has 10 aromatic rings. The second-order valence-corrected chi connectivity index (χ2v) is 11.9. The fraction of sp³-hybridized carbons (Fsp3) is 0. The molecule has 0 spiro atoms. The normalized spacial score (nSPS) is 18.9. The van der Waals surface area contributed by atoms with Gasteiger partial charge < -0.3 is 4.90 Å². The highest BCUT2D eigenvalue weighted by atomic mass is 32.1. The Morgan fingerprint density at radius 3 is 1.76 bits per heavy atom. The van der Waals surface area contributed by atoms with E-state index in [2.05, 4.69) is 0 Å². The first kappa shape index (κ1) is 12.9. The van der Waals surface area contributed by atoms with E-state index in [4.69, 9.17) is 23.3 Å². The SMILES string of the molecule is [2H]c1c([2H])c(N(c2ccccc2)c2c([2H])c([2H])c3sc4c5c([2H])c([2H])c([2H])c([2H])c5c([2H])c(-c5c([2H])c([2H])c([2H])c6c([2H])c([2H])c([2H])c([2H])c56)c4c3c2[2H])c([2H])c([2H])c1-c1c([2H])c([2H])c([2H])c2c([2H])c([2H])c([2H])c([2H])c12. The van der Waals surface area contributed by atoms with Crippen molar-refractivity contribution in [1.29, 1.82) is 0 Å². The zero-order valence-electron chi connectivity index (χ0n) is 51.2. The third-order valence-electron chi connectivity index (χ3n) is 8.06. The molecule has 0 aliphatic carbocycles. The molecule has 0 N–H and O–H groups in total. The van der Waals surface area contributed by atoms with Gasteiger partial charge in [0.1, 0.15) is 0 Å². The van der Waals surface area contributed by atoms with Crippen molar-refractivity contribution in [3.05, 3.63) is 187 Å². The molecule has 0 atom stereocenters. The van der Waals surface area contributed by atoms with Gasteiger partial charge in [-0.15, -0.1) is 11.3 Å². The molecule has 0 radical (unpaired) electrons. The zero-order valence-corrected chi connectivity index (χ0v) is 26.1. The van der Waals surface area contributed by atoms with E-state index in [0.717, 1.165) is 4.90 Å². The molecule has 0 aliphatic rings. The maximum atomic E-state index is 10.2. The fourth-order valence-electron chi connectivity index (χ4n) is 5.87. The van der Waals surface area contributed by atoms with Gasteiger partial charge in [-0.25, -0.2) is 0 Å². The summed E-state index contributed by atoms with van der Waals surface area (Å²) in [6, 6.07) is -13.6. The molecule has 0 fully saturated rings. The first-order valence-corrected chi connectivity index (χ1v) is 15.8. The van der Waals surface area contributed by atoms with E-state index < -0.39 is 218 Å². The van der Waals surface area contributed by atoms with Gasteiger partial charge in [0, 0.05) is 37.2 Å². The summed E-state index contributed by atoms with van der Waals surface area (Å²) in [5, 5.41) is -3.54. The van der Waals surface area contributed by atoms with Gasteiger partial charge in [-0.2, -0.15) is 0 Å². The van der Waals surface area contributed by atoms with E-state index in [1.807, 2.05) is 0 Å². The summed E-state index contributed by atoms with van der Waals surface area (Å²) >= 11 is 0.656. The molecule has 1 aromatic heterocycles. The molecule has 0 amide bonds. The van der Waals surface area contributed by atoms with E-state index >= 15 is 0 Å². The molecule has 0 saturated carbocycles. The Balaban J connectivity index is 1.41. The van der Waals surface area contributed by atoms with Crippen LogP contribution in [0.3, 0.4) is 0 Å². The fourth-order valence-corrected chi connectivity index (χ4v) is 6.99. The summed E-state index contributed by atoms with van der Waals surface area (Å²) in [5.74, 6) is 0. The van der Waals surface area contributed by atoms with Crippen LogP contribution in [0.4, 0.5) is 17.1 Å². The average Bonchev–Trinajstić information content (AvgIpc) is 3.91. The molecule has 0 unspecified atom stereocenters. The lowest BCUT2D eigenvalue weighted by molar-refractivity contribution is 1.29. The lowest BCUT2D eigenvalue weighted by Crippen LogP contribution is -2.09. The molecule has 0 saturated heterocycles. The van der Waals surface area contributed by atoms with Gasteiger partial charge in [-0.3, -0.25) is 0 Å². The van der Waals surface area contributed by atoms with Crippen LogP contribution >= 0.6 is 11.3 Å². The van der Waals surface area contributed by atoms with Crippen molar-refractivity contribution >= 4 is 80.9 Å². The summed E-state index contributed by atoms with van der Waals surface area (Å²) in [5.41, 5.74) is -3.72. The lowest BCUT2D eigenvalue weighted by atomic mass is 9.92. The number of nitrogens with zero attached hydrogens (tertiary/aromatic N) is 1. The predicted octanol–water partition coefficient (Wildman–Crippen LogP) is 14.3. The minimum atomic E-state index is -0.937. The van der Waals surface area contributed by atoms with Crippen molar-refractivity contribution in [2.75, 3.05) is 4.90 Å². The average molecular weight is 680 g/mol. The predicted molar refractivity (Wildman–Crippen MR) is 217 cm³/mol. The number of hydrogen-bond acceptors (Lipinski definition) is 2. The van der Waals surface area contributed by atoms with Gasteiger partial charge in [0.2, 0.25) is 0 Å². The summed E-state index contributed by atoms with van der Waals surface area (Å²) in [6.07, 6.45) is 0. The van der Waals surface area contributed by atoms with Gasteiger partial charge in [0.05, 0.1) is 35.6 Å². The van der Waals surface area contributed by atoms with Crippen LogP contribution in [0.2, 0.25) is 0 Å². The van der Waals surface area contributed by atoms with Gasteiger partial charge in [-0.05, 0) is 103 Å². The first-order valence-electron chi connectivity index (χ1n) is 28.0.